The van der Waals surface area contributed by atoms with Crippen LogP contribution in [0.5, 0.6) is 0 Å². The number of methoxy groups -OCH3 is 1. The number of hydrogen-bond donors (Lipinski definition) is 0. The van der Waals surface area contributed by atoms with Gasteiger partial charge in [-0.25, -0.2) is 4.98 Å². The summed E-state index contributed by atoms with van der Waals surface area (Å²) in [6.45, 7) is 4.71. The number of carbonyl (C=O) groups excluding carboxylic acids is 1. The Labute approximate surface area is 145 Å². The summed E-state index contributed by atoms with van der Waals surface area (Å²) in [4.78, 5) is 21.3. The first-order valence-electron chi connectivity index (χ1n) is 8.08. The molecule has 0 saturated carbocycles. The van der Waals surface area contributed by atoms with E-state index in [0.29, 0.717) is 12.3 Å². The largest absolute Gasteiger partial charge is 0.378 e. The first-order chi connectivity index (χ1) is 11.7. The van der Waals surface area contributed by atoms with E-state index in [-0.39, 0.29) is 5.91 Å². The molecule has 0 aliphatic carbocycles. The summed E-state index contributed by atoms with van der Waals surface area (Å²) in [5.41, 5.74) is 1.74. The fourth-order valence-corrected chi connectivity index (χ4v) is 3.64. The lowest BCUT2D eigenvalue weighted by molar-refractivity contribution is 0.0755. The summed E-state index contributed by atoms with van der Waals surface area (Å²) in [5, 5.41) is 6.88. The molecule has 1 aliphatic heterocycles. The quantitative estimate of drug-likeness (QED) is 0.816. The third kappa shape index (κ3) is 4.19. The maximum Gasteiger partial charge on any atom is 0.273 e. The smallest absolute Gasteiger partial charge is 0.273 e. The van der Waals surface area contributed by atoms with Crippen LogP contribution in [0.4, 0.5) is 0 Å². The SMILES string of the molecule is COCc1nc(C(=O)N2CCCN(Cc3cnn(C)c3)CC2)cs1. The number of thiazole rings is 1. The molecule has 24 heavy (non-hydrogen) atoms. The first-order valence-corrected chi connectivity index (χ1v) is 8.96. The highest BCUT2D eigenvalue weighted by Gasteiger charge is 2.22. The van der Waals surface area contributed by atoms with Crippen molar-refractivity contribution in [1.29, 1.82) is 0 Å². The van der Waals surface area contributed by atoms with Crippen LogP contribution in [0.25, 0.3) is 0 Å². The van der Waals surface area contributed by atoms with Gasteiger partial charge in [0.15, 0.2) is 0 Å². The molecular weight excluding hydrogens is 326 g/mol. The fraction of sp³-hybridized carbons (Fsp3) is 0.562. The van der Waals surface area contributed by atoms with E-state index in [0.717, 1.165) is 44.2 Å². The van der Waals surface area contributed by atoms with Crippen LogP contribution in [0, 0.1) is 0 Å². The van der Waals surface area contributed by atoms with Crippen molar-refractivity contribution in [3.05, 3.63) is 34.0 Å². The highest BCUT2D eigenvalue weighted by Crippen LogP contribution is 2.15. The molecule has 7 nitrogen and oxygen atoms in total. The number of rotatable bonds is 5. The van der Waals surface area contributed by atoms with Gasteiger partial charge >= 0.3 is 0 Å². The molecule has 2 aromatic rings. The maximum atomic E-state index is 12.6. The van der Waals surface area contributed by atoms with E-state index >= 15 is 0 Å². The second kappa shape index (κ2) is 7.87. The summed E-state index contributed by atoms with van der Waals surface area (Å²) in [7, 11) is 3.56. The van der Waals surface area contributed by atoms with Crippen molar-refractivity contribution >= 4 is 17.2 Å². The van der Waals surface area contributed by atoms with Crippen molar-refractivity contribution in [2.45, 2.75) is 19.6 Å². The second-order valence-corrected chi connectivity index (χ2v) is 6.95. The highest BCUT2D eigenvalue weighted by molar-refractivity contribution is 7.09. The van der Waals surface area contributed by atoms with Gasteiger partial charge in [0.05, 0.1) is 12.8 Å². The molecule has 1 aliphatic rings. The van der Waals surface area contributed by atoms with E-state index < -0.39 is 0 Å². The molecular formula is C16H23N5O2S. The summed E-state index contributed by atoms with van der Waals surface area (Å²) in [5.74, 6) is 0.0248. The van der Waals surface area contributed by atoms with Gasteiger partial charge in [-0.1, -0.05) is 0 Å². The second-order valence-electron chi connectivity index (χ2n) is 6.00. The van der Waals surface area contributed by atoms with Crippen molar-refractivity contribution in [1.82, 2.24) is 24.6 Å². The Morgan fingerprint density at radius 2 is 2.21 bits per heavy atom. The van der Waals surface area contributed by atoms with E-state index in [1.165, 1.54) is 16.9 Å². The zero-order chi connectivity index (χ0) is 16.9. The summed E-state index contributed by atoms with van der Waals surface area (Å²) in [6.07, 6.45) is 4.92. The Kier molecular flexibility index (Phi) is 5.60. The molecule has 1 fully saturated rings. The van der Waals surface area contributed by atoms with Gasteiger partial charge in [-0.2, -0.15) is 5.10 Å². The van der Waals surface area contributed by atoms with E-state index in [9.17, 15) is 4.79 Å². The average Bonchev–Trinajstić information content (AvgIpc) is 3.12. The number of aryl methyl sites for hydroxylation is 1. The Bertz CT molecular complexity index is 684. The molecule has 0 bridgehead atoms. The molecule has 1 saturated heterocycles. The lowest BCUT2D eigenvalue weighted by atomic mass is 10.3. The van der Waals surface area contributed by atoms with E-state index in [1.54, 1.807) is 7.11 Å². The van der Waals surface area contributed by atoms with Crippen LogP contribution in [0.2, 0.25) is 0 Å². The summed E-state index contributed by atoms with van der Waals surface area (Å²) in [6, 6.07) is 0. The van der Waals surface area contributed by atoms with Gasteiger partial charge in [0.25, 0.3) is 5.91 Å². The normalized spacial score (nSPS) is 16.3. The predicted octanol–water partition coefficient (Wildman–Crippen LogP) is 1.37. The van der Waals surface area contributed by atoms with E-state index in [4.69, 9.17) is 4.74 Å². The summed E-state index contributed by atoms with van der Waals surface area (Å²) < 4.78 is 6.89. The zero-order valence-electron chi connectivity index (χ0n) is 14.1. The molecule has 3 heterocycles. The fourth-order valence-electron chi connectivity index (χ4n) is 2.90. The van der Waals surface area contributed by atoms with Crippen LogP contribution in [0.1, 0.15) is 27.5 Å². The first kappa shape index (κ1) is 17.1. The number of ether oxygens (including phenoxy) is 1. The lowest BCUT2D eigenvalue weighted by Gasteiger charge is -2.21. The van der Waals surface area contributed by atoms with Gasteiger partial charge in [0.2, 0.25) is 0 Å². The molecule has 8 heteroatoms. The number of aromatic nitrogens is 3. The molecule has 130 valence electrons. The van der Waals surface area contributed by atoms with Crippen molar-refractivity contribution < 1.29 is 9.53 Å². The molecule has 0 unspecified atom stereocenters. The zero-order valence-corrected chi connectivity index (χ0v) is 15.0. The lowest BCUT2D eigenvalue weighted by Crippen LogP contribution is -2.35. The topological polar surface area (TPSA) is 63.5 Å². The molecule has 0 N–H and O–H groups in total. The Balaban J connectivity index is 1.57. The Morgan fingerprint density at radius 3 is 2.96 bits per heavy atom. The molecule has 1 amide bonds. The van der Waals surface area contributed by atoms with Crippen LogP contribution in [0.15, 0.2) is 17.8 Å². The predicted molar refractivity (Wildman–Crippen MR) is 91.8 cm³/mol. The number of nitrogens with zero attached hydrogens (tertiary/aromatic N) is 5. The standard InChI is InChI=1S/C16H23N5O2S/c1-19-9-13(8-17-19)10-20-4-3-5-21(7-6-20)16(22)14-12-24-15(18-14)11-23-2/h8-9,12H,3-7,10-11H2,1-2H3. The van der Waals surface area contributed by atoms with Crippen molar-refractivity contribution in [3.8, 4) is 0 Å². The number of hydrogen-bond acceptors (Lipinski definition) is 6. The number of amides is 1. The molecule has 0 atom stereocenters. The van der Waals surface area contributed by atoms with Crippen LogP contribution >= 0.6 is 11.3 Å². The maximum absolute atomic E-state index is 12.6. The Morgan fingerprint density at radius 1 is 1.33 bits per heavy atom. The Hall–Kier alpha value is -1.77. The highest BCUT2D eigenvalue weighted by atomic mass is 32.1. The van der Waals surface area contributed by atoms with Crippen LogP contribution in [-0.2, 0) is 24.9 Å². The van der Waals surface area contributed by atoms with Crippen molar-refractivity contribution in [3.63, 3.8) is 0 Å². The van der Waals surface area contributed by atoms with Gasteiger partial charge in [-0.15, -0.1) is 11.3 Å². The van der Waals surface area contributed by atoms with E-state index in [1.807, 2.05) is 34.4 Å². The average molecular weight is 349 g/mol. The van der Waals surface area contributed by atoms with Gasteiger partial charge < -0.3 is 9.64 Å². The molecule has 0 aromatic carbocycles. The monoisotopic (exact) mass is 349 g/mol. The van der Waals surface area contributed by atoms with E-state index in [2.05, 4.69) is 15.0 Å². The summed E-state index contributed by atoms with van der Waals surface area (Å²) >= 11 is 1.47. The minimum absolute atomic E-state index is 0.0248. The van der Waals surface area contributed by atoms with Crippen LogP contribution in [-0.4, -0.2) is 63.8 Å². The van der Waals surface area contributed by atoms with Crippen LogP contribution in [0.3, 0.4) is 0 Å². The minimum atomic E-state index is 0.0248. The van der Waals surface area contributed by atoms with Gasteiger partial charge in [0, 0.05) is 64.0 Å². The molecule has 2 aromatic heterocycles. The van der Waals surface area contributed by atoms with Crippen LogP contribution < -0.4 is 0 Å². The molecule has 0 radical (unpaired) electrons. The minimum Gasteiger partial charge on any atom is -0.378 e. The molecule has 0 spiro atoms. The third-order valence-electron chi connectivity index (χ3n) is 4.08. The third-order valence-corrected chi connectivity index (χ3v) is 4.90. The van der Waals surface area contributed by atoms with Crippen molar-refractivity contribution in [2.75, 3.05) is 33.3 Å². The number of carbonyl (C=O) groups is 1. The molecule has 3 rings (SSSR count). The van der Waals surface area contributed by atoms with Crippen molar-refractivity contribution in [2.24, 2.45) is 7.05 Å². The van der Waals surface area contributed by atoms with Gasteiger partial charge in [-0.05, 0) is 6.42 Å². The van der Waals surface area contributed by atoms with Gasteiger partial charge in [-0.3, -0.25) is 14.4 Å². The van der Waals surface area contributed by atoms with Gasteiger partial charge in [0.1, 0.15) is 10.7 Å².